The Morgan fingerprint density at radius 2 is 2.00 bits per heavy atom. The number of hydrogen-bond donors (Lipinski definition) is 2. The van der Waals surface area contributed by atoms with E-state index < -0.39 is 5.91 Å². The van der Waals surface area contributed by atoms with Crippen LogP contribution in [-0.4, -0.2) is 10.9 Å². The third-order valence-corrected chi connectivity index (χ3v) is 2.62. The summed E-state index contributed by atoms with van der Waals surface area (Å²) in [7, 11) is 0. The molecule has 0 spiro atoms. The van der Waals surface area contributed by atoms with Gasteiger partial charge in [0.2, 0.25) is 0 Å². The summed E-state index contributed by atoms with van der Waals surface area (Å²) in [4.78, 5) is 15.7. The molecule has 0 bridgehead atoms. The third kappa shape index (κ3) is 2.82. The molecule has 0 aliphatic carbocycles. The molecule has 4 N–H and O–H groups in total. The van der Waals surface area contributed by atoms with Gasteiger partial charge in [0.05, 0.1) is 5.69 Å². The standard InChI is InChI=1S/C14H15N3O2/c1-8-6-12(13(14(16)18)9(2)17-8)19-11-5-3-4-10(15)7-11/h3-7H,15H2,1-2H3,(H2,16,18). The number of rotatable bonds is 3. The molecule has 1 heterocycles. The van der Waals surface area contributed by atoms with Crippen LogP contribution in [0, 0.1) is 13.8 Å². The number of carbonyl (C=O) groups is 1. The fourth-order valence-corrected chi connectivity index (χ4v) is 1.88. The van der Waals surface area contributed by atoms with Gasteiger partial charge in [0.1, 0.15) is 17.1 Å². The lowest BCUT2D eigenvalue weighted by atomic mass is 10.1. The van der Waals surface area contributed by atoms with Crippen LogP contribution in [0.1, 0.15) is 21.7 Å². The predicted octanol–water partition coefficient (Wildman–Crippen LogP) is 2.17. The highest BCUT2D eigenvalue weighted by atomic mass is 16.5. The van der Waals surface area contributed by atoms with E-state index in [4.69, 9.17) is 16.2 Å². The maximum Gasteiger partial charge on any atom is 0.254 e. The van der Waals surface area contributed by atoms with Crippen LogP contribution < -0.4 is 16.2 Å². The molecule has 5 heteroatoms. The van der Waals surface area contributed by atoms with Crippen molar-refractivity contribution in [2.24, 2.45) is 5.73 Å². The Balaban J connectivity index is 2.47. The van der Waals surface area contributed by atoms with Crippen LogP contribution in [0.2, 0.25) is 0 Å². The van der Waals surface area contributed by atoms with Gasteiger partial charge in [-0.15, -0.1) is 0 Å². The fourth-order valence-electron chi connectivity index (χ4n) is 1.88. The number of pyridine rings is 1. The van der Waals surface area contributed by atoms with Crippen molar-refractivity contribution in [2.45, 2.75) is 13.8 Å². The molecule has 2 rings (SSSR count). The van der Waals surface area contributed by atoms with Crippen molar-refractivity contribution in [1.82, 2.24) is 4.98 Å². The van der Waals surface area contributed by atoms with Crippen molar-refractivity contribution >= 4 is 11.6 Å². The van der Waals surface area contributed by atoms with Crippen LogP contribution in [0.25, 0.3) is 0 Å². The number of nitrogens with two attached hydrogens (primary N) is 2. The lowest BCUT2D eigenvalue weighted by Gasteiger charge is -2.12. The zero-order valence-corrected chi connectivity index (χ0v) is 10.8. The first-order chi connectivity index (χ1) is 8.97. The monoisotopic (exact) mass is 257 g/mol. The molecule has 0 aliphatic rings. The smallest absolute Gasteiger partial charge is 0.254 e. The minimum absolute atomic E-state index is 0.285. The minimum atomic E-state index is -0.566. The molecule has 0 saturated heterocycles. The Bertz CT molecular complexity index is 639. The van der Waals surface area contributed by atoms with Gasteiger partial charge in [-0.05, 0) is 26.0 Å². The van der Waals surface area contributed by atoms with E-state index in [-0.39, 0.29) is 5.56 Å². The van der Waals surface area contributed by atoms with Gasteiger partial charge in [-0.1, -0.05) is 6.07 Å². The zero-order chi connectivity index (χ0) is 14.0. The van der Waals surface area contributed by atoms with Gasteiger partial charge in [-0.25, -0.2) is 0 Å². The molecule has 1 amide bonds. The Labute approximate surface area is 111 Å². The Morgan fingerprint density at radius 3 is 2.63 bits per heavy atom. The van der Waals surface area contributed by atoms with Gasteiger partial charge in [0.15, 0.2) is 0 Å². The first-order valence-electron chi connectivity index (χ1n) is 5.79. The molecule has 0 atom stereocenters. The summed E-state index contributed by atoms with van der Waals surface area (Å²) >= 11 is 0. The van der Waals surface area contributed by atoms with Crippen molar-refractivity contribution in [1.29, 1.82) is 0 Å². The van der Waals surface area contributed by atoms with Gasteiger partial charge in [0, 0.05) is 23.5 Å². The highest BCUT2D eigenvalue weighted by Gasteiger charge is 2.15. The maximum atomic E-state index is 11.5. The summed E-state index contributed by atoms with van der Waals surface area (Å²) in [6.45, 7) is 3.54. The highest BCUT2D eigenvalue weighted by Crippen LogP contribution is 2.28. The second-order valence-electron chi connectivity index (χ2n) is 4.26. The number of anilines is 1. The van der Waals surface area contributed by atoms with Gasteiger partial charge >= 0.3 is 0 Å². The van der Waals surface area contributed by atoms with Gasteiger partial charge in [-0.3, -0.25) is 9.78 Å². The number of primary amides is 1. The van der Waals surface area contributed by atoms with Crippen molar-refractivity contribution in [2.75, 3.05) is 5.73 Å². The predicted molar refractivity (Wildman–Crippen MR) is 73.2 cm³/mol. The number of aromatic nitrogens is 1. The largest absolute Gasteiger partial charge is 0.456 e. The van der Waals surface area contributed by atoms with E-state index in [1.165, 1.54) is 0 Å². The lowest BCUT2D eigenvalue weighted by molar-refractivity contribution is 0.0997. The molecule has 19 heavy (non-hydrogen) atoms. The normalized spacial score (nSPS) is 10.2. The second-order valence-corrected chi connectivity index (χ2v) is 4.26. The first-order valence-corrected chi connectivity index (χ1v) is 5.79. The molecule has 98 valence electrons. The van der Waals surface area contributed by atoms with Crippen molar-refractivity contribution in [3.8, 4) is 11.5 Å². The van der Waals surface area contributed by atoms with Crippen molar-refractivity contribution in [3.05, 3.63) is 47.3 Å². The summed E-state index contributed by atoms with van der Waals surface area (Å²) in [5.74, 6) is 0.375. The summed E-state index contributed by atoms with van der Waals surface area (Å²) in [6.07, 6.45) is 0. The fraction of sp³-hybridized carbons (Fsp3) is 0.143. The van der Waals surface area contributed by atoms with E-state index in [1.54, 1.807) is 37.3 Å². The van der Waals surface area contributed by atoms with Crippen LogP contribution in [0.4, 0.5) is 5.69 Å². The van der Waals surface area contributed by atoms with E-state index in [9.17, 15) is 4.79 Å². The summed E-state index contributed by atoms with van der Waals surface area (Å²) in [5, 5.41) is 0. The number of benzene rings is 1. The number of carbonyl (C=O) groups excluding carboxylic acids is 1. The molecule has 1 aromatic heterocycles. The van der Waals surface area contributed by atoms with Crippen LogP contribution in [0.15, 0.2) is 30.3 Å². The number of nitrogen functional groups attached to an aromatic ring is 1. The molecule has 0 fully saturated rings. The Morgan fingerprint density at radius 1 is 1.26 bits per heavy atom. The van der Waals surface area contributed by atoms with Crippen molar-refractivity contribution < 1.29 is 9.53 Å². The van der Waals surface area contributed by atoms with E-state index in [2.05, 4.69) is 4.98 Å². The maximum absolute atomic E-state index is 11.5. The molecule has 0 saturated carbocycles. The summed E-state index contributed by atoms with van der Waals surface area (Å²) in [5.41, 5.74) is 13.2. The zero-order valence-electron chi connectivity index (χ0n) is 10.8. The molecule has 2 aromatic rings. The van der Waals surface area contributed by atoms with Gasteiger partial charge < -0.3 is 16.2 Å². The number of ether oxygens (including phenoxy) is 1. The minimum Gasteiger partial charge on any atom is -0.456 e. The molecular formula is C14H15N3O2. The van der Waals surface area contributed by atoms with Gasteiger partial charge in [-0.2, -0.15) is 0 Å². The van der Waals surface area contributed by atoms with Crippen LogP contribution in [-0.2, 0) is 0 Å². The Kier molecular flexibility index (Phi) is 3.37. The molecule has 1 aromatic carbocycles. The average Bonchev–Trinajstić information content (AvgIpc) is 2.26. The number of nitrogens with zero attached hydrogens (tertiary/aromatic N) is 1. The molecule has 0 unspecified atom stereocenters. The molecular weight excluding hydrogens is 242 g/mol. The molecule has 0 radical (unpaired) electrons. The molecule has 5 nitrogen and oxygen atoms in total. The quantitative estimate of drug-likeness (QED) is 0.824. The lowest BCUT2D eigenvalue weighted by Crippen LogP contribution is -2.15. The topological polar surface area (TPSA) is 91.2 Å². The first kappa shape index (κ1) is 12.9. The van der Waals surface area contributed by atoms with E-state index in [0.29, 0.717) is 22.9 Å². The van der Waals surface area contributed by atoms with E-state index in [1.807, 2.05) is 6.92 Å². The molecule has 0 aliphatic heterocycles. The van der Waals surface area contributed by atoms with Crippen molar-refractivity contribution in [3.63, 3.8) is 0 Å². The third-order valence-electron chi connectivity index (χ3n) is 2.62. The summed E-state index contributed by atoms with van der Waals surface area (Å²) in [6, 6.07) is 8.64. The van der Waals surface area contributed by atoms with Crippen LogP contribution in [0.5, 0.6) is 11.5 Å². The van der Waals surface area contributed by atoms with E-state index in [0.717, 1.165) is 5.69 Å². The SMILES string of the molecule is Cc1cc(Oc2cccc(N)c2)c(C(N)=O)c(C)n1. The average molecular weight is 257 g/mol. The van der Waals surface area contributed by atoms with Gasteiger partial charge in [0.25, 0.3) is 5.91 Å². The summed E-state index contributed by atoms with van der Waals surface area (Å²) < 4.78 is 5.69. The highest BCUT2D eigenvalue weighted by molar-refractivity contribution is 5.96. The number of hydrogen-bond acceptors (Lipinski definition) is 4. The second kappa shape index (κ2) is 4.97. The van der Waals surface area contributed by atoms with Crippen LogP contribution in [0.3, 0.4) is 0 Å². The number of aryl methyl sites for hydroxylation is 2. The van der Waals surface area contributed by atoms with E-state index >= 15 is 0 Å². The van der Waals surface area contributed by atoms with Crippen LogP contribution >= 0.6 is 0 Å². The number of amides is 1. The Hall–Kier alpha value is -2.56.